The van der Waals surface area contributed by atoms with E-state index in [9.17, 15) is 9.59 Å². The van der Waals surface area contributed by atoms with E-state index in [4.69, 9.17) is 4.74 Å². The van der Waals surface area contributed by atoms with E-state index in [1.165, 1.54) is 23.1 Å². The number of hydrogen-bond donors (Lipinski definition) is 2. The van der Waals surface area contributed by atoms with Crippen molar-refractivity contribution in [2.45, 2.75) is 36.3 Å². The summed E-state index contributed by atoms with van der Waals surface area (Å²) in [7, 11) is 1.63. The van der Waals surface area contributed by atoms with E-state index in [2.05, 4.69) is 22.5 Å². The van der Waals surface area contributed by atoms with Gasteiger partial charge in [0.15, 0.2) is 5.13 Å². The summed E-state index contributed by atoms with van der Waals surface area (Å²) in [6.45, 7) is 2.06. The maximum atomic E-state index is 13.5. The molecule has 0 saturated carbocycles. The van der Waals surface area contributed by atoms with E-state index >= 15 is 0 Å². The number of carbonyl (C=O) groups excluding carboxylic acids is 2. The molecule has 0 spiro atoms. The summed E-state index contributed by atoms with van der Waals surface area (Å²) < 4.78 is 5.22. The van der Waals surface area contributed by atoms with Gasteiger partial charge in [0.25, 0.3) is 0 Å². The molecule has 1 unspecified atom stereocenters. The molecule has 3 aromatic carbocycles. The van der Waals surface area contributed by atoms with Crippen molar-refractivity contribution < 1.29 is 14.3 Å². The number of nitrogens with zero attached hydrogens (tertiary/aromatic N) is 1. The first-order valence-corrected chi connectivity index (χ1v) is 13.8. The van der Waals surface area contributed by atoms with Crippen LogP contribution in [-0.2, 0) is 9.59 Å². The lowest BCUT2D eigenvalue weighted by molar-refractivity contribution is -0.116. The molecule has 0 fully saturated rings. The van der Waals surface area contributed by atoms with Crippen molar-refractivity contribution in [3.05, 3.63) is 89.8 Å². The van der Waals surface area contributed by atoms with Gasteiger partial charge >= 0.3 is 0 Å². The summed E-state index contributed by atoms with van der Waals surface area (Å²) in [5, 5.41) is 7.91. The Morgan fingerprint density at radius 3 is 2.51 bits per heavy atom. The molecule has 0 radical (unpaired) electrons. The lowest BCUT2D eigenvalue weighted by Crippen LogP contribution is -2.19. The number of ether oxygens (including phenoxy) is 1. The van der Waals surface area contributed by atoms with E-state index in [1.807, 2.05) is 84.2 Å². The van der Waals surface area contributed by atoms with E-state index < -0.39 is 5.25 Å². The van der Waals surface area contributed by atoms with Crippen LogP contribution >= 0.6 is 23.1 Å². The van der Waals surface area contributed by atoms with Crippen molar-refractivity contribution >= 4 is 45.7 Å². The number of hydrogen-bond acceptors (Lipinski definition) is 6. The highest BCUT2D eigenvalue weighted by Gasteiger charge is 2.23. The van der Waals surface area contributed by atoms with E-state index in [0.29, 0.717) is 11.6 Å². The molecule has 0 aliphatic heterocycles. The molecule has 1 aromatic heterocycles. The third-order valence-electron chi connectivity index (χ3n) is 5.59. The Bertz CT molecular complexity index is 1320. The average molecular weight is 532 g/mol. The second-order valence-electron chi connectivity index (χ2n) is 8.34. The Morgan fingerprint density at radius 1 is 1.00 bits per heavy atom. The zero-order chi connectivity index (χ0) is 26.0. The Morgan fingerprint density at radius 2 is 1.78 bits per heavy atom. The van der Waals surface area contributed by atoms with Crippen LogP contribution < -0.4 is 15.4 Å². The summed E-state index contributed by atoms with van der Waals surface area (Å²) in [6.07, 6.45) is 2.32. The molecule has 2 amide bonds. The minimum Gasteiger partial charge on any atom is -0.497 e. The molecule has 4 aromatic rings. The highest BCUT2D eigenvalue weighted by molar-refractivity contribution is 8.00. The molecule has 1 atom stereocenters. The Labute approximate surface area is 225 Å². The van der Waals surface area contributed by atoms with Gasteiger partial charge in [-0.2, -0.15) is 0 Å². The van der Waals surface area contributed by atoms with Crippen LogP contribution in [0.3, 0.4) is 0 Å². The van der Waals surface area contributed by atoms with Crippen molar-refractivity contribution in [1.82, 2.24) is 4.98 Å². The fraction of sp³-hybridized carbons (Fsp3) is 0.207. The first-order valence-electron chi connectivity index (χ1n) is 12.1. The fourth-order valence-corrected chi connectivity index (χ4v) is 5.45. The number of amides is 2. The number of rotatable bonds is 11. The first-order chi connectivity index (χ1) is 18.1. The number of anilines is 2. The summed E-state index contributed by atoms with van der Waals surface area (Å²) >= 11 is 2.82. The zero-order valence-electron chi connectivity index (χ0n) is 20.8. The third kappa shape index (κ3) is 7.44. The highest BCUT2D eigenvalue weighted by Crippen LogP contribution is 2.38. The summed E-state index contributed by atoms with van der Waals surface area (Å²) in [5.74, 6) is 0.613. The molecule has 0 aliphatic rings. The molecule has 0 bridgehead atoms. The Hall–Kier alpha value is -3.62. The van der Waals surface area contributed by atoms with Gasteiger partial charge in [-0.05, 0) is 54.4 Å². The number of nitrogens with one attached hydrogen (secondary N) is 2. The molecule has 2 N–H and O–H groups in total. The van der Waals surface area contributed by atoms with Crippen molar-refractivity contribution in [3.8, 4) is 17.0 Å². The van der Waals surface area contributed by atoms with E-state index in [0.717, 1.165) is 46.0 Å². The number of methoxy groups -OCH3 is 1. The minimum atomic E-state index is -0.499. The average Bonchev–Trinajstić information content (AvgIpc) is 3.39. The van der Waals surface area contributed by atoms with Crippen molar-refractivity contribution in [3.63, 3.8) is 0 Å². The second kappa shape index (κ2) is 13.1. The molecule has 6 nitrogen and oxygen atoms in total. The third-order valence-corrected chi connectivity index (χ3v) is 7.60. The monoisotopic (exact) mass is 531 g/mol. The number of unbranched alkanes of at least 4 members (excludes halogenated alkanes) is 1. The van der Waals surface area contributed by atoms with Crippen LogP contribution in [0.2, 0.25) is 0 Å². The SMILES string of the molecule is CCCCC(=O)Nc1cccc(SC(C(=O)Nc2nc(-c3ccc(OC)cc3)cs2)c2ccccc2)c1. The largest absolute Gasteiger partial charge is 0.497 e. The molecular weight excluding hydrogens is 502 g/mol. The predicted octanol–water partition coefficient (Wildman–Crippen LogP) is 7.42. The second-order valence-corrected chi connectivity index (χ2v) is 10.4. The topological polar surface area (TPSA) is 80.3 Å². The highest BCUT2D eigenvalue weighted by atomic mass is 32.2. The molecule has 37 heavy (non-hydrogen) atoms. The lowest BCUT2D eigenvalue weighted by atomic mass is 10.1. The van der Waals surface area contributed by atoms with Gasteiger partial charge in [0.1, 0.15) is 11.0 Å². The molecule has 190 valence electrons. The van der Waals surface area contributed by atoms with Gasteiger partial charge in [0, 0.05) is 27.9 Å². The molecule has 0 aliphatic carbocycles. The van der Waals surface area contributed by atoms with Gasteiger partial charge in [-0.3, -0.25) is 9.59 Å². The van der Waals surface area contributed by atoms with Crippen LogP contribution in [0.25, 0.3) is 11.3 Å². The van der Waals surface area contributed by atoms with Crippen LogP contribution in [-0.4, -0.2) is 23.9 Å². The smallest absolute Gasteiger partial charge is 0.244 e. The maximum Gasteiger partial charge on any atom is 0.244 e. The zero-order valence-corrected chi connectivity index (χ0v) is 22.4. The molecule has 0 saturated heterocycles. The van der Waals surface area contributed by atoms with Crippen LogP contribution in [0.15, 0.2) is 89.1 Å². The fourth-order valence-electron chi connectivity index (χ4n) is 3.64. The van der Waals surface area contributed by atoms with Gasteiger partial charge in [0.2, 0.25) is 11.8 Å². The number of thiazole rings is 1. The Balaban J connectivity index is 1.50. The predicted molar refractivity (Wildman–Crippen MR) is 152 cm³/mol. The quantitative estimate of drug-likeness (QED) is 0.197. The van der Waals surface area contributed by atoms with E-state index in [1.54, 1.807) is 7.11 Å². The van der Waals surface area contributed by atoms with Crippen molar-refractivity contribution in [2.75, 3.05) is 17.7 Å². The Kier molecular flexibility index (Phi) is 9.35. The van der Waals surface area contributed by atoms with Crippen molar-refractivity contribution in [1.29, 1.82) is 0 Å². The standard InChI is InChI=1S/C29H29N3O3S2/c1-3-4-13-26(33)30-22-11-8-12-24(18-22)37-27(21-9-6-5-7-10-21)28(34)32-29-31-25(19-36-29)20-14-16-23(35-2)17-15-20/h5-12,14-19,27H,3-4,13H2,1-2H3,(H,30,33)(H,31,32,34). The first kappa shape index (κ1) is 26.4. The van der Waals surface area contributed by atoms with Gasteiger partial charge < -0.3 is 15.4 Å². The molecule has 8 heteroatoms. The van der Waals surface area contributed by atoms with Crippen LogP contribution in [0.4, 0.5) is 10.8 Å². The van der Waals surface area contributed by atoms with Gasteiger partial charge in [-0.1, -0.05) is 49.7 Å². The van der Waals surface area contributed by atoms with Gasteiger partial charge in [0.05, 0.1) is 12.8 Å². The number of aromatic nitrogens is 1. The summed E-state index contributed by atoms with van der Waals surface area (Å²) in [6, 6.07) is 24.9. The minimum absolute atomic E-state index is 0.00205. The van der Waals surface area contributed by atoms with Crippen LogP contribution in [0.1, 0.15) is 37.0 Å². The van der Waals surface area contributed by atoms with E-state index in [-0.39, 0.29) is 11.8 Å². The van der Waals surface area contributed by atoms with Crippen LogP contribution in [0, 0.1) is 0 Å². The van der Waals surface area contributed by atoms with Crippen molar-refractivity contribution in [2.24, 2.45) is 0 Å². The molecule has 1 heterocycles. The number of thioether (sulfide) groups is 1. The number of carbonyl (C=O) groups is 2. The van der Waals surface area contributed by atoms with Gasteiger partial charge in [-0.25, -0.2) is 4.98 Å². The maximum absolute atomic E-state index is 13.5. The molecular formula is C29H29N3O3S2. The normalized spacial score (nSPS) is 11.5. The summed E-state index contributed by atoms with van der Waals surface area (Å²) in [5.41, 5.74) is 3.35. The lowest BCUT2D eigenvalue weighted by Gasteiger charge is -2.17. The van der Waals surface area contributed by atoms with Gasteiger partial charge in [-0.15, -0.1) is 23.1 Å². The summed E-state index contributed by atoms with van der Waals surface area (Å²) in [4.78, 5) is 31.2. The number of benzene rings is 3. The molecule has 4 rings (SSSR count). The van der Waals surface area contributed by atoms with Crippen LogP contribution in [0.5, 0.6) is 5.75 Å².